The molecule has 0 aliphatic heterocycles. The molecule has 0 bridgehead atoms. The number of anilines is 1. The summed E-state index contributed by atoms with van der Waals surface area (Å²) in [4.78, 5) is 4.55. The maximum absolute atomic E-state index is 5.24. The Balaban J connectivity index is 2.12. The SMILES string of the molecule is COc1ccc2c(NC3CC3)cc(C)nc2c1. The van der Waals surface area contributed by atoms with Crippen molar-refractivity contribution in [2.24, 2.45) is 0 Å². The van der Waals surface area contributed by atoms with E-state index in [9.17, 15) is 0 Å². The second kappa shape index (κ2) is 3.91. The molecular weight excluding hydrogens is 212 g/mol. The van der Waals surface area contributed by atoms with E-state index in [0.29, 0.717) is 6.04 Å². The monoisotopic (exact) mass is 228 g/mol. The zero-order valence-corrected chi connectivity index (χ0v) is 10.2. The van der Waals surface area contributed by atoms with Gasteiger partial charge < -0.3 is 10.1 Å². The largest absolute Gasteiger partial charge is 0.497 e. The lowest BCUT2D eigenvalue weighted by Gasteiger charge is -2.10. The lowest BCUT2D eigenvalue weighted by atomic mass is 10.1. The van der Waals surface area contributed by atoms with Crippen molar-refractivity contribution in [3.8, 4) is 5.75 Å². The zero-order chi connectivity index (χ0) is 11.8. The smallest absolute Gasteiger partial charge is 0.121 e. The van der Waals surface area contributed by atoms with E-state index in [1.54, 1.807) is 7.11 Å². The molecule has 0 amide bonds. The predicted octanol–water partition coefficient (Wildman–Crippen LogP) is 3.13. The second-order valence-corrected chi connectivity index (χ2v) is 4.61. The third-order valence-electron chi connectivity index (χ3n) is 3.08. The number of fused-ring (bicyclic) bond motifs is 1. The van der Waals surface area contributed by atoms with Gasteiger partial charge >= 0.3 is 0 Å². The predicted molar refractivity (Wildman–Crippen MR) is 69.7 cm³/mol. The van der Waals surface area contributed by atoms with Crippen molar-refractivity contribution >= 4 is 16.6 Å². The van der Waals surface area contributed by atoms with Gasteiger partial charge in [0.1, 0.15) is 5.75 Å². The zero-order valence-electron chi connectivity index (χ0n) is 10.2. The molecule has 3 rings (SSSR count). The van der Waals surface area contributed by atoms with Gasteiger partial charge in [-0.25, -0.2) is 0 Å². The van der Waals surface area contributed by atoms with E-state index in [2.05, 4.69) is 22.4 Å². The maximum atomic E-state index is 5.24. The Morgan fingerprint density at radius 2 is 2.12 bits per heavy atom. The Labute approximate surface area is 101 Å². The first-order chi connectivity index (χ1) is 8.26. The second-order valence-electron chi connectivity index (χ2n) is 4.61. The van der Waals surface area contributed by atoms with Gasteiger partial charge in [0.05, 0.1) is 12.6 Å². The van der Waals surface area contributed by atoms with Crippen LogP contribution in [-0.2, 0) is 0 Å². The molecule has 1 saturated carbocycles. The van der Waals surface area contributed by atoms with Crippen LogP contribution in [0.5, 0.6) is 5.75 Å². The summed E-state index contributed by atoms with van der Waals surface area (Å²) in [5.74, 6) is 0.855. The van der Waals surface area contributed by atoms with Crippen molar-refractivity contribution in [2.75, 3.05) is 12.4 Å². The van der Waals surface area contributed by atoms with E-state index in [1.165, 1.54) is 23.9 Å². The molecule has 3 heteroatoms. The van der Waals surface area contributed by atoms with Crippen molar-refractivity contribution in [2.45, 2.75) is 25.8 Å². The van der Waals surface area contributed by atoms with Gasteiger partial charge in [-0.1, -0.05) is 0 Å². The Bertz CT molecular complexity index is 561. The van der Waals surface area contributed by atoms with Gasteiger partial charge in [0, 0.05) is 28.9 Å². The molecule has 0 radical (unpaired) electrons. The molecule has 1 aliphatic rings. The molecule has 0 spiro atoms. The van der Waals surface area contributed by atoms with Crippen molar-refractivity contribution in [1.82, 2.24) is 4.98 Å². The number of ether oxygens (including phenoxy) is 1. The summed E-state index contributed by atoms with van der Waals surface area (Å²) in [6.45, 7) is 2.02. The van der Waals surface area contributed by atoms with E-state index < -0.39 is 0 Å². The third-order valence-corrected chi connectivity index (χ3v) is 3.08. The van der Waals surface area contributed by atoms with Crippen LogP contribution >= 0.6 is 0 Å². The summed E-state index contributed by atoms with van der Waals surface area (Å²) in [6, 6.07) is 8.82. The molecule has 1 aliphatic carbocycles. The highest BCUT2D eigenvalue weighted by Crippen LogP contribution is 2.31. The molecule has 1 heterocycles. The molecule has 0 atom stereocenters. The molecule has 88 valence electrons. The summed E-state index contributed by atoms with van der Waals surface area (Å²) < 4.78 is 5.24. The van der Waals surface area contributed by atoms with E-state index in [4.69, 9.17) is 4.74 Å². The number of methoxy groups -OCH3 is 1. The number of aromatic nitrogens is 1. The standard InChI is InChI=1S/C14H16N2O/c1-9-7-13(16-10-3-4-10)12-6-5-11(17-2)8-14(12)15-9/h5-8,10H,3-4H2,1-2H3,(H,15,16). The average molecular weight is 228 g/mol. The minimum Gasteiger partial charge on any atom is -0.497 e. The van der Waals surface area contributed by atoms with Gasteiger partial charge in [0.2, 0.25) is 0 Å². The number of hydrogen-bond donors (Lipinski definition) is 1. The number of nitrogens with one attached hydrogen (secondary N) is 1. The Kier molecular flexibility index (Phi) is 2.39. The van der Waals surface area contributed by atoms with Gasteiger partial charge in [-0.2, -0.15) is 0 Å². The van der Waals surface area contributed by atoms with Gasteiger partial charge in [0.15, 0.2) is 0 Å². The van der Waals surface area contributed by atoms with Crippen LogP contribution in [0.25, 0.3) is 10.9 Å². The highest BCUT2D eigenvalue weighted by Gasteiger charge is 2.21. The van der Waals surface area contributed by atoms with Crippen molar-refractivity contribution in [3.63, 3.8) is 0 Å². The van der Waals surface area contributed by atoms with E-state index in [1.807, 2.05) is 19.1 Å². The summed E-state index contributed by atoms with van der Waals surface area (Å²) >= 11 is 0. The molecule has 0 unspecified atom stereocenters. The molecule has 17 heavy (non-hydrogen) atoms. The Morgan fingerprint density at radius 3 is 2.82 bits per heavy atom. The molecule has 2 aromatic rings. The normalized spacial score (nSPS) is 14.9. The fourth-order valence-corrected chi connectivity index (χ4v) is 2.03. The van der Waals surface area contributed by atoms with E-state index in [-0.39, 0.29) is 0 Å². The van der Waals surface area contributed by atoms with Crippen LogP contribution in [0.1, 0.15) is 18.5 Å². The molecule has 1 aromatic heterocycles. The van der Waals surface area contributed by atoms with Crippen LogP contribution < -0.4 is 10.1 Å². The van der Waals surface area contributed by atoms with Crippen LogP contribution in [0.2, 0.25) is 0 Å². The summed E-state index contributed by atoms with van der Waals surface area (Å²) in [6.07, 6.45) is 2.55. The van der Waals surface area contributed by atoms with Gasteiger partial charge in [-0.3, -0.25) is 4.98 Å². The maximum Gasteiger partial charge on any atom is 0.121 e. The number of benzene rings is 1. The van der Waals surface area contributed by atoms with Crippen molar-refractivity contribution in [3.05, 3.63) is 30.0 Å². The van der Waals surface area contributed by atoms with Crippen LogP contribution in [0.15, 0.2) is 24.3 Å². The fourth-order valence-electron chi connectivity index (χ4n) is 2.03. The van der Waals surface area contributed by atoms with Crippen molar-refractivity contribution < 1.29 is 4.74 Å². The Morgan fingerprint density at radius 1 is 1.29 bits per heavy atom. The van der Waals surface area contributed by atoms with Gasteiger partial charge in [-0.05, 0) is 38.0 Å². The van der Waals surface area contributed by atoms with Crippen molar-refractivity contribution in [1.29, 1.82) is 0 Å². The number of pyridine rings is 1. The van der Waals surface area contributed by atoms with Crippen LogP contribution in [0, 0.1) is 6.92 Å². The summed E-state index contributed by atoms with van der Waals surface area (Å²) in [5.41, 5.74) is 3.22. The highest BCUT2D eigenvalue weighted by molar-refractivity contribution is 5.92. The molecular formula is C14H16N2O. The van der Waals surface area contributed by atoms with Gasteiger partial charge in [-0.15, -0.1) is 0 Å². The first-order valence-corrected chi connectivity index (χ1v) is 5.98. The third kappa shape index (κ3) is 2.05. The summed E-state index contributed by atoms with van der Waals surface area (Å²) in [5, 5.41) is 4.73. The lowest BCUT2D eigenvalue weighted by Crippen LogP contribution is -2.02. The lowest BCUT2D eigenvalue weighted by molar-refractivity contribution is 0.415. The van der Waals surface area contributed by atoms with Crippen LogP contribution in [0.3, 0.4) is 0 Å². The average Bonchev–Trinajstić information content (AvgIpc) is 3.12. The van der Waals surface area contributed by atoms with E-state index in [0.717, 1.165) is 17.0 Å². The molecule has 1 fully saturated rings. The first-order valence-electron chi connectivity index (χ1n) is 5.98. The van der Waals surface area contributed by atoms with Crippen LogP contribution in [0.4, 0.5) is 5.69 Å². The van der Waals surface area contributed by atoms with E-state index >= 15 is 0 Å². The molecule has 1 N–H and O–H groups in total. The molecule has 0 saturated heterocycles. The number of nitrogens with zero attached hydrogens (tertiary/aromatic N) is 1. The van der Waals surface area contributed by atoms with Gasteiger partial charge in [0.25, 0.3) is 0 Å². The molecule has 3 nitrogen and oxygen atoms in total. The fraction of sp³-hybridized carbons (Fsp3) is 0.357. The number of rotatable bonds is 3. The minimum atomic E-state index is 0.655. The number of aryl methyl sites for hydroxylation is 1. The quantitative estimate of drug-likeness (QED) is 0.876. The Hall–Kier alpha value is -1.77. The summed E-state index contributed by atoms with van der Waals surface area (Å²) in [7, 11) is 1.68. The van der Waals surface area contributed by atoms with Crippen LogP contribution in [-0.4, -0.2) is 18.1 Å². The minimum absolute atomic E-state index is 0.655. The highest BCUT2D eigenvalue weighted by atomic mass is 16.5. The number of hydrogen-bond acceptors (Lipinski definition) is 3. The molecule has 1 aromatic carbocycles. The topological polar surface area (TPSA) is 34.1 Å². The first kappa shape index (κ1) is 10.4.